The Labute approximate surface area is 147 Å². The Morgan fingerprint density at radius 1 is 1.24 bits per heavy atom. The van der Waals surface area contributed by atoms with Gasteiger partial charge in [-0.15, -0.1) is 0 Å². The van der Waals surface area contributed by atoms with Crippen molar-refractivity contribution in [1.82, 2.24) is 9.47 Å². The summed E-state index contributed by atoms with van der Waals surface area (Å²) in [6.07, 6.45) is 4.05. The molecule has 0 spiro atoms. The molecule has 25 heavy (non-hydrogen) atoms. The Hall–Kier alpha value is -2.40. The number of likely N-dealkylation sites (tertiary alicyclic amines) is 1. The Balaban J connectivity index is 1.72. The number of aromatic nitrogens is 1. The zero-order valence-electron chi connectivity index (χ0n) is 14.7. The predicted molar refractivity (Wildman–Crippen MR) is 96.1 cm³/mol. The molecule has 1 fully saturated rings. The molecule has 1 aliphatic heterocycles. The van der Waals surface area contributed by atoms with Crippen LogP contribution in [0.15, 0.2) is 36.5 Å². The van der Waals surface area contributed by atoms with Gasteiger partial charge in [-0.2, -0.15) is 0 Å². The number of piperidine rings is 1. The lowest BCUT2D eigenvalue weighted by molar-refractivity contribution is 0.0696. The quantitative estimate of drug-likeness (QED) is 0.848. The van der Waals surface area contributed by atoms with Crippen LogP contribution in [0.5, 0.6) is 0 Å². The molecule has 1 N–H and O–H groups in total. The van der Waals surface area contributed by atoms with Gasteiger partial charge in [0, 0.05) is 37.6 Å². The summed E-state index contributed by atoms with van der Waals surface area (Å²) in [5.74, 6) is -0.445. The molecule has 0 unspecified atom stereocenters. The van der Waals surface area contributed by atoms with Crippen molar-refractivity contribution in [3.05, 3.63) is 58.9 Å². The Bertz CT molecular complexity index is 794. The van der Waals surface area contributed by atoms with Gasteiger partial charge in [0.2, 0.25) is 0 Å². The molecule has 0 aliphatic carbocycles. The van der Waals surface area contributed by atoms with E-state index >= 15 is 0 Å². The molecule has 1 aromatic carbocycles. The van der Waals surface area contributed by atoms with E-state index in [0.29, 0.717) is 11.5 Å². The van der Waals surface area contributed by atoms with Crippen LogP contribution in [-0.4, -0.2) is 39.4 Å². The van der Waals surface area contributed by atoms with Crippen LogP contribution in [0.1, 0.15) is 57.7 Å². The Kier molecular flexibility index (Phi) is 5.04. The van der Waals surface area contributed by atoms with Gasteiger partial charge >= 0.3 is 5.97 Å². The number of aryl methyl sites for hydroxylation is 1. The summed E-state index contributed by atoms with van der Waals surface area (Å²) in [6, 6.07) is 9.26. The van der Waals surface area contributed by atoms with Crippen LogP contribution >= 0.6 is 0 Å². The second kappa shape index (κ2) is 7.23. The van der Waals surface area contributed by atoms with E-state index < -0.39 is 5.97 Å². The van der Waals surface area contributed by atoms with Crippen LogP contribution in [0.25, 0.3) is 0 Å². The lowest BCUT2D eigenvalue weighted by Crippen LogP contribution is -2.34. The number of carboxylic acids is 1. The zero-order chi connectivity index (χ0) is 18.0. The predicted octanol–water partition coefficient (Wildman–Crippen LogP) is 3.31. The van der Waals surface area contributed by atoms with Crippen LogP contribution in [0, 0.1) is 0 Å². The third-order valence-corrected chi connectivity index (χ3v) is 5.01. The molecule has 1 saturated heterocycles. The molecule has 1 aliphatic rings. The number of ketones is 1. The molecule has 1 aromatic heterocycles. The van der Waals surface area contributed by atoms with Gasteiger partial charge in [-0.25, -0.2) is 4.79 Å². The van der Waals surface area contributed by atoms with E-state index in [1.807, 2.05) is 36.0 Å². The number of rotatable bonds is 5. The Morgan fingerprint density at radius 3 is 2.72 bits per heavy atom. The van der Waals surface area contributed by atoms with Gasteiger partial charge in [0.25, 0.3) is 0 Å². The van der Waals surface area contributed by atoms with Gasteiger partial charge in [-0.3, -0.25) is 9.69 Å². The van der Waals surface area contributed by atoms with E-state index in [2.05, 4.69) is 4.90 Å². The molecule has 5 nitrogen and oxygen atoms in total. The van der Waals surface area contributed by atoms with Crippen LogP contribution in [0.4, 0.5) is 0 Å². The second-order valence-corrected chi connectivity index (χ2v) is 6.89. The molecule has 0 saturated carbocycles. The summed E-state index contributed by atoms with van der Waals surface area (Å²) < 4.78 is 2.02. The number of nitrogens with zero attached hydrogens (tertiary/aromatic N) is 2. The van der Waals surface area contributed by atoms with Gasteiger partial charge in [0.1, 0.15) is 0 Å². The van der Waals surface area contributed by atoms with Crippen molar-refractivity contribution in [3.63, 3.8) is 0 Å². The number of aromatic carboxylic acids is 1. The number of hydrogen-bond acceptors (Lipinski definition) is 3. The maximum atomic E-state index is 11.6. The van der Waals surface area contributed by atoms with Gasteiger partial charge in [-0.1, -0.05) is 12.1 Å². The molecule has 2 aromatic rings. The number of carbonyl (C=O) groups is 2. The normalized spacial score (nSPS) is 18.2. The zero-order valence-corrected chi connectivity index (χ0v) is 14.7. The van der Waals surface area contributed by atoms with E-state index in [0.717, 1.165) is 49.3 Å². The number of benzene rings is 1. The van der Waals surface area contributed by atoms with E-state index in [9.17, 15) is 14.7 Å². The summed E-state index contributed by atoms with van der Waals surface area (Å²) >= 11 is 0. The molecule has 1 atom stereocenters. The number of Topliss-reactive ketones (excluding diaryl/α,β-unsaturated/α-hetero) is 1. The standard InChI is InChI=1S/C20H24N2O3/c1-14(23)18-10-19(21(2)11-18)13-22-8-4-7-17(12-22)15-5-3-6-16(9-15)20(24)25/h3,5-6,9-11,17H,4,7-8,12-13H2,1-2H3,(H,24,25)/t17-/m1/s1. The highest BCUT2D eigenvalue weighted by Gasteiger charge is 2.23. The highest BCUT2D eigenvalue weighted by atomic mass is 16.4. The van der Waals surface area contributed by atoms with E-state index in [4.69, 9.17) is 0 Å². The van der Waals surface area contributed by atoms with Crippen molar-refractivity contribution in [2.75, 3.05) is 13.1 Å². The molecule has 5 heteroatoms. The van der Waals surface area contributed by atoms with Gasteiger partial charge in [0.05, 0.1) is 5.56 Å². The first-order valence-electron chi connectivity index (χ1n) is 8.66. The average molecular weight is 340 g/mol. The lowest BCUT2D eigenvalue weighted by Gasteiger charge is -2.33. The lowest BCUT2D eigenvalue weighted by atomic mass is 9.89. The van der Waals surface area contributed by atoms with Crippen molar-refractivity contribution in [3.8, 4) is 0 Å². The summed E-state index contributed by atoms with van der Waals surface area (Å²) in [5.41, 5.74) is 3.33. The fourth-order valence-corrected chi connectivity index (χ4v) is 3.59. The number of carbonyl (C=O) groups excluding carboxylic acids is 1. The summed E-state index contributed by atoms with van der Waals surface area (Å²) in [7, 11) is 1.97. The van der Waals surface area contributed by atoms with Gasteiger partial charge < -0.3 is 9.67 Å². The largest absolute Gasteiger partial charge is 0.478 e. The van der Waals surface area contributed by atoms with Gasteiger partial charge in [-0.05, 0) is 56.0 Å². The minimum Gasteiger partial charge on any atom is -0.478 e. The van der Waals surface area contributed by atoms with Crippen LogP contribution in [-0.2, 0) is 13.6 Å². The van der Waals surface area contributed by atoms with Crippen LogP contribution in [0.2, 0.25) is 0 Å². The van der Waals surface area contributed by atoms with Crippen molar-refractivity contribution >= 4 is 11.8 Å². The highest BCUT2D eigenvalue weighted by Crippen LogP contribution is 2.28. The number of hydrogen-bond donors (Lipinski definition) is 1. The van der Waals surface area contributed by atoms with Crippen molar-refractivity contribution in [2.24, 2.45) is 7.05 Å². The highest BCUT2D eigenvalue weighted by molar-refractivity contribution is 5.94. The molecular weight excluding hydrogens is 316 g/mol. The molecule has 2 heterocycles. The maximum absolute atomic E-state index is 11.6. The fourth-order valence-electron chi connectivity index (χ4n) is 3.59. The van der Waals surface area contributed by atoms with E-state index in [1.165, 1.54) is 0 Å². The SMILES string of the molecule is CC(=O)c1cc(CN2CCC[C@@H](c3cccc(C(=O)O)c3)C2)n(C)c1. The molecule has 132 valence electrons. The molecule has 0 bridgehead atoms. The average Bonchev–Trinajstić information content (AvgIpc) is 2.96. The van der Waals surface area contributed by atoms with Crippen molar-refractivity contribution < 1.29 is 14.7 Å². The molecule has 3 rings (SSSR count). The van der Waals surface area contributed by atoms with Crippen molar-refractivity contribution in [1.29, 1.82) is 0 Å². The van der Waals surface area contributed by atoms with E-state index in [-0.39, 0.29) is 5.78 Å². The minimum atomic E-state index is -0.880. The number of carboxylic acid groups (broad SMARTS) is 1. The molecule has 0 radical (unpaired) electrons. The van der Waals surface area contributed by atoms with E-state index in [1.54, 1.807) is 19.1 Å². The topological polar surface area (TPSA) is 62.5 Å². The molecular formula is C20H24N2O3. The fraction of sp³-hybridized carbons (Fsp3) is 0.400. The third-order valence-electron chi connectivity index (χ3n) is 5.01. The van der Waals surface area contributed by atoms with Crippen LogP contribution in [0.3, 0.4) is 0 Å². The summed E-state index contributed by atoms with van der Waals surface area (Å²) in [5, 5.41) is 9.19. The van der Waals surface area contributed by atoms with Crippen LogP contribution < -0.4 is 0 Å². The smallest absolute Gasteiger partial charge is 0.335 e. The summed E-state index contributed by atoms with van der Waals surface area (Å²) in [6.45, 7) is 4.32. The molecule has 0 amide bonds. The Morgan fingerprint density at radius 2 is 2.04 bits per heavy atom. The summed E-state index contributed by atoms with van der Waals surface area (Å²) in [4.78, 5) is 25.1. The second-order valence-electron chi connectivity index (χ2n) is 6.89. The first kappa shape index (κ1) is 17.4. The third kappa shape index (κ3) is 3.99. The first-order valence-corrected chi connectivity index (χ1v) is 8.66. The maximum Gasteiger partial charge on any atom is 0.335 e. The first-order chi connectivity index (χ1) is 11.9. The van der Waals surface area contributed by atoms with Gasteiger partial charge in [0.15, 0.2) is 5.78 Å². The van der Waals surface area contributed by atoms with Crippen molar-refractivity contribution in [2.45, 2.75) is 32.2 Å². The monoisotopic (exact) mass is 340 g/mol. The minimum absolute atomic E-state index is 0.0869.